The van der Waals surface area contributed by atoms with Crippen molar-refractivity contribution in [2.45, 2.75) is 6.35 Å². The van der Waals surface area contributed by atoms with Crippen LogP contribution in [0.2, 0.25) is 0 Å². The van der Waals surface area contributed by atoms with Crippen LogP contribution in [0.15, 0.2) is 23.1 Å². The van der Waals surface area contributed by atoms with Crippen molar-refractivity contribution in [1.82, 2.24) is 5.43 Å². The van der Waals surface area contributed by atoms with Gasteiger partial charge in [0, 0.05) is 11.9 Å². The molecule has 0 aromatic rings. The third-order valence-electron chi connectivity index (χ3n) is 0.523. The molecule has 1 atom stereocenters. The zero-order valence-electron chi connectivity index (χ0n) is 4.78. The first kappa shape index (κ1) is 7.61. The lowest BCUT2D eigenvalue weighted by Crippen LogP contribution is -2.22. The first-order valence-electron chi connectivity index (χ1n) is 2.15. The molecule has 50 valence electrons. The molecular formula is C4H7N3O2. The Balaban J connectivity index is 3.51. The molecule has 9 heavy (non-hydrogen) atoms. The fourth-order valence-corrected chi connectivity index (χ4v) is 0.248. The van der Waals surface area contributed by atoms with Crippen LogP contribution in [-0.4, -0.2) is 13.1 Å². The van der Waals surface area contributed by atoms with Gasteiger partial charge in [0.1, 0.15) is 0 Å². The molecule has 1 unspecified atom stereocenters. The van der Waals surface area contributed by atoms with E-state index in [1.54, 1.807) is 0 Å². The molecule has 0 aliphatic rings. The summed E-state index contributed by atoms with van der Waals surface area (Å²) in [5.74, 6) is 0. The molecule has 0 saturated heterocycles. The van der Waals surface area contributed by atoms with E-state index in [0.29, 0.717) is 0 Å². The zero-order valence-corrected chi connectivity index (χ0v) is 4.78. The van der Waals surface area contributed by atoms with Crippen LogP contribution < -0.4 is 5.43 Å². The Hall–Kier alpha value is -1.39. The second kappa shape index (κ2) is 4.76. The van der Waals surface area contributed by atoms with Gasteiger partial charge in [-0.05, 0) is 0 Å². The molecule has 0 amide bonds. The second-order valence-corrected chi connectivity index (χ2v) is 1.05. The highest BCUT2D eigenvalue weighted by molar-refractivity contribution is 5.22. The summed E-state index contributed by atoms with van der Waals surface area (Å²) in [6.07, 6.45) is 0.0737. The van der Waals surface area contributed by atoms with Crippen LogP contribution in [0.3, 0.4) is 0 Å². The number of hydrogen-bond acceptors (Lipinski definition) is 5. The zero-order chi connectivity index (χ0) is 7.11. The van der Waals surface area contributed by atoms with Crippen LogP contribution in [0.5, 0.6) is 0 Å². The van der Waals surface area contributed by atoms with E-state index < -0.39 is 6.35 Å². The van der Waals surface area contributed by atoms with Gasteiger partial charge in [-0.3, -0.25) is 5.43 Å². The van der Waals surface area contributed by atoms with Crippen molar-refractivity contribution in [3.63, 3.8) is 0 Å². The number of rotatable bonds is 5. The molecule has 0 bridgehead atoms. The quantitative estimate of drug-likeness (QED) is 0.192. The van der Waals surface area contributed by atoms with Crippen molar-refractivity contribution in [1.29, 1.82) is 0 Å². The van der Waals surface area contributed by atoms with E-state index in [0.717, 1.165) is 6.26 Å². The highest BCUT2D eigenvalue weighted by atomic mass is 16.5. The standard InChI is InChI=1S/C4H7N3O2/c1-3-9-4(7-8)6-5-2/h3-4,6H,1-2H2. The summed E-state index contributed by atoms with van der Waals surface area (Å²) in [4.78, 5) is 9.71. The third kappa shape index (κ3) is 3.22. The Morgan fingerprint density at radius 3 is 2.78 bits per heavy atom. The number of nitrogens with one attached hydrogen (secondary N) is 1. The summed E-state index contributed by atoms with van der Waals surface area (Å²) in [6.45, 7) is 6.26. The van der Waals surface area contributed by atoms with Crippen LogP contribution in [0.4, 0.5) is 0 Å². The highest BCUT2D eigenvalue weighted by Gasteiger charge is 2.00. The summed E-state index contributed by atoms with van der Waals surface area (Å²) in [7, 11) is 0. The average molecular weight is 129 g/mol. The van der Waals surface area contributed by atoms with Gasteiger partial charge in [-0.15, -0.1) is 4.91 Å². The molecule has 0 fully saturated rings. The number of nitrogens with zero attached hydrogens (tertiary/aromatic N) is 2. The molecular weight excluding hydrogens is 122 g/mol. The van der Waals surface area contributed by atoms with E-state index in [4.69, 9.17) is 0 Å². The second-order valence-electron chi connectivity index (χ2n) is 1.05. The van der Waals surface area contributed by atoms with Gasteiger partial charge in [0.25, 0.3) is 0 Å². The summed E-state index contributed by atoms with van der Waals surface area (Å²) in [5.41, 5.74) is 2.17. The van der Waals surface area contributed by atoms with E-state index in [1.807, 2.05) is 0 Å². The fourth-order valence-electron chi connectivity index (χ4n) is 0.248. The van der Waals surface area contributed by atoms with Crippen molar-refractivity contribution in [2.75, 3.05) is 0 Å². The number of hydrazone groups is 1. The van der Waals surface area contributed by atoms with Gasteiger partial charge in [0.2, 0.25) is 0 Å². The highest BCUT2D eigenvalue weighted by Crippen LogP contribution is 1.86. The predicted molar refractivity (Wildman–Crippen MR) is 33.5 cm³/mol. The van der Waals surface area contributed by atoms with E-state index in [9.17, 15) is 4.91 Å². The lowest BCUT2D eigenvalue weighted by Gasteiger charge is -2.04. The average Bonchev–Trinajstić information content (AvgIpc) is 1.88. The maximum atomic E-state index is 9.71. The molecule has 0 spiro atoms. The molecule has 0 aliphatic carbocycles. The fraction of sp³-hybridized carbons (Fsp3) is 0.250. The van der Waals surface area contributed by atoms with Crippen LogP contribution >= 0.6 is 0 Å². The van der Waals surface area contributed by atoms with E-state index in [1.165, 1.54) is 0 Å². The van der Waals surface area contributed by atoms with Crippen molar-refractivity contribution >= 4 is 6.72 Å². The van der Waals surface area contributed by atoms with Crippen LogP contribution in [0.1, 0.15) is 0 Å². The van der Waals surface area contributed by atoms with Crippen LogP contribution in [0.25, 0.3) is 0 Å². The van der Waals surface area contributed by atoms with Crippen LogP contribution in [-0.2, 0) is 4.74 Å². The Morgan fingerprint density at radius 1 is 1.78 bits per heavy atom. The predicted octanol–water partition coefficient (Wildman–Crippen LogP) is 0.402. The first-order chi connectivity index (χ1) is 4.35. The van der Waals surface area contributed by atoms with Crippen LogP contribution in [0, 0.1) is 4.91 Å². The lowest BCUT2D eigenvalue weighted by molar-refractivity contribution is 0.121. The monoisotopic (exact) mass is 129 g/mol. The molecule has 0 radical (unpaired) electrons. The lowest BCUT2D eigenvalue weighted by atomic mass is 11.0. The van der Waals surface area contributed by atoms with Gasteiger partial charge in [-0.2, -0.15) is 5.10 Å². The van der Waals surface area contributed by atoms with Gasteiger partial charge in [0.15, 0.2) is 0 Å². The number of nitroso groups, excluding NO2 is 1. The minimum atomic E-state index is -1.01. The summed E-state index contributed by atoms with van der Waals surface area (Å²) in [5, 5.41) is 5.64. The molecule has 5 heteroatoms. The minimum Gasteiger partial charge on any atom is -0.456 e. The molecule has 0 aromatic carbocycles. The summed E-state index contributed by atoms with van der Waals surface area (Å²) in [6, 6.07) is 0. The summed E-state index contributed by atoms with van der Waals surface area (Å²) < 4.78 is 4.47. The number of ether oxygens (including phenoxy) is 1. The molecule has 0 aromatic heterocycles. The van der Waals surface area contributed by atoms with Gasteiger partial charge < -0.3 is 4.74 Å². The van der Waals surface area contributed by atoms with Gasteiger partial charge >= 0.3 is 6.35 Å². The SMILES string of the molecule is C=COC(N=O)NN=C. The molecule has 0 aliphatic heterocycles. The van der Waals surface area contributed by atoms with E-state index >= 15 is 0 Å². The van der Waals surface area contributed by atoms with Gasteiger partial charge in [-0.25, -0.2) is 0 Å². The van der Waals surface area contributed by atoms with Crippen molar-refractivity contribution in [3.05, 3.63) is 17.7 Å². The Labute approximate surface area is 52.4 Å². The molecule has 0 rings (SSSR count). The van der Waals surface area contributed by atoms with Gasteiger partial charge in [-0.1, -0.05) is 6.58 Å². The topological polar surface area (TPSA) is 63.0 Å². The Kier molecular flexibility index (Phi) is 4.03. The van der Waals surface area contributed by atoms with E-state index in [-0.39, 0.29) is 0 Å². The molecule has 0 saturated carbocycles. The molecule has 0 heterocycles. The Bertz CT molecular complexity index is 104. The maximum Gasteiger partial charge on any atom is 0.320 e. The van der Waals surface area contributed by atoms with Crippen molar-refractivity contribution in [3.8, 4) is 0 Å². The maximum absolute atomic E-state index is 9.71. The Morgan fingerprint density at radius 2 is 2.44 bits per heavy atom. The molecule has 5 nitrogen and oxygen atoms in total. The summed E-state index contributed by atoms with van der Waals surface area (Å²) >= 11 is 0. The largest absolute Gasteiger partial charge is 0.456 e. The molecule has 1 N–H and O–H groups in total. The smallest absolute Gasteiger partial charge is 0.320 e. The first-order valence-corrected chi connectivity index (χ1v) is 2.15. The van der Waals surface area contributed by atoms with Crippen molar-refractivity contribution < 1.29 is 4.74 Å². The third-order valence-corrected chi connectivity index (χ3v) is 0.523. The van der Waals surface area contributed by atoms with Gasteiger partial charge in [0.05, 0.1) is 6.26 Å². The normalized spacial score (nSPS) is 11.1. The van der Waals surface area contributed by atoms with E-state index in [2.05, 4.69) is 33.7 Å². The number of hydrogen-bond donors (Lipinski definition) is 1. The van der Waals surface area contributed by atoms with Crippen molar-refractivity contribution in [2.24, 2.45) is 10.3 Å². The minimum absolute atomic E-state index is 1.01.